The normalized spacial score (nSPS) is 11.4. The smallest absolute Gasteiger partial charge is 0.0797 e. The van der Waals surface area contributed by atoms with E-state index in [1.165, 1.54) is 17.7 Å². The van der Waals surface area contributed by atoms with Crippen molar-refractivity contribution >= 4 is 30.1 Å². The van der Waals surface area contributed by atoms with Crippen LogP contribution < -0.4 is 4.90 Å². The van der Waals surface area contributed by atoms with Crippen LogP contribution in [0.25, 0.3) is 0 Å². The Morgan fingerprint density at radius 2 is 1.59 bits per heavy atom. The molecule has 0 aliphatic carbocycles. The van der Waals surface area contributed by atoms with Gasteiger partial charge in [0.25, 0.3) is 0 Å². The summed E-state index contributed by atoms with van der Waals surface area (Å²) in [7, 11) is 2.11. The highest BCUT2D eigenvalue weighted by atomic mass is 32.1. The third-order valence-electron chi connectivity index (χ3n) is 3.36. The molecule has 0 aromatic heterocycles. The average molecular weight is 270 g/mol. The second-order valence-electron chi connectivity index (χ2n) is 4.43. The molecule has 0 amide bonds. The lowest BCUT2D eigenvalue weighted by atomic mass is 10.1. The van der Waals surface area contributed by atoms with E-state index >= 15 is 0 Å². The van der Waals surface area contributed by atoms with E-state index in [4.69, 9.17) is 24.4 Å². The van der Waals surface area contributed by atoms with Gasteiger partial charge in [-0.2, -0.15) is 0 Å². The van der Waals surface area contributed by atoms with Crippen molar-refractivity contribution in [1.82, 2.24) is 4.90 Å². The second-order valence-corrected chi connectivity index (χ2v) is 5.25. The minimum atomic E-state index is 0.878. The highest BCUT2D eigenvalue weighted by Gasteiger charge is 2.14. The third-order valence-corrected chi connectivity index (χ3v) is 4.40. The Kier molecular flexibility index (Phi) is 5.70. The zero-order chi connectivity index (χ0) is 13.0. The minimum absolute atomic E-state index is 0.878. The van der Waals surface area contributed by atoms with Crippen molar-refractivity contribution < 1.29 is 0 Å². The van der Waals surface area contributed by atoms with Crippen molar-refractivity contribution in [3.8, 4) is 0 Å². The van der Waals surface area contributed by atoms with Crippen LogP contribution in [0, 0.1) is 15.9 Å². The van der Waals surface area contributed by atoms with Gasteiger partial charge >= 0.3 is 0 Å². The lowest BCUT2D eigenvalue weighted by Crippen LogP contribution is -2.29. The fourth-order valence-corrected chi connectivity index (χ4v) is 2.79. The van der Waals surface area contributed by atoms with E-state index in [2.05, 4.69) is 37.6 Å². The number of anilines is 1. The Labute approximate surface area is 115 Å². The fraction of sp³-hybridized carbons (Fsp3) is 0.692. The molecule has 0 aliphatic heterocycles. The summed E-state index contributed by atoms with van der Waals surface area (Å²) in [5.74, 6) is 0. The first-order chi connectivity index (χ1) is 8.02. The van der Waals surface area contributed by atoms with E-state index in [9.17, 15) is 0 Å². The molecule has 1 rings (SSSR count). The van der Waals surface area contributed by atoms with Crippen LogP contribution >= 0.6 is 24.4 Å². The number of hydrogen-bond donors (Lipinski definition) is 0. The first-order valence-electron chi connectivity index (χ1n) is 6.26. The molecule has 0 radical (unpaired) electrons. The van der Waals surface area contributed by atoms with Gasteiger partial charge in [-0.1, -0.05) is 38.3 Å². The molecule has 1 aromatic carbocycles. The largest absolute Gasteiger partial charge is 0.373 e. The molecular formula is C13H22N2S2. The molecule has 0 heterocycles. The van der Waals surface area contributed by atoms with Gasteiger partial charge in [0.15, 0.2) is 0 Å². The average Bonchev–Trinajstić information content (AvgIpc) is 2.34. The van der Waals surface area contributed by atoms with Crippen LogP contribution in [0.1, 0.15) is 25.8 Å². The van der Waals surface area contributed by atoms with Gasteiger partial charge in [0.2, 0.25) is 0 Å². The van der Waals surface area contributed by atoms with Crippen molar-refractivity contribution in [2.75, 3.05) is 38.1 Å². The van der Waals surface area contributed by atoms with E-state index in [0.29, 0.717) is 0 Å². The van der Waals surface area contributed by atoms with E-state index < -0.39 is 0 Å². The molecule has 0 unspecified atom stereocenters. The number of hydrogen-bond acceptors (Lipinski definition) is 4. The van der Waals surface area contributed by atoms with Crippen LogP contribution in [0.3, 0.4) is 0 Å². The topological polar surface area (TPSA) is 6.48 Å². The summed E-state index contributed by atoms with van der Waals surface area (Å²) >= 11 is 10.5. The van der Waals surface area contributed by atoms with Gasteiger partial charge in [0.05, 0.1) is 14.7 Å². The Bertz CT molecular complexity index is 429. The maximum Gasteiger partial charge on any atom is 0.0797 e. The molecule has 0 fully saturated rings. The summed E-state index contributed by atoms with van der Waals surface area (Å²) in [5.41, 5.74) is 2.37. The molecule has 0 saturated heterocycles. The maximum absolute atomic E-state index is 5.28. The van der Waals surface area contributed by atoms with E-state index in [0.717, 1.165) is 35.2 Å². The Hall–Kier alpha value is -0.320. The quantitative estimate of drug-likeness (QED) is 0.699. The van der Waals surface area contributed by atoms with Gasteiger partial charge in [-0.3, -0.25) is 0 Å². The van der Waals surface area contributed by atoms with Crippen LogP contribution in [0.5, 0.6) is 0 Å². The second kappa shape index (κ2) is 6.57. The highest BCUT2D eigenvalue weighted by Crippen LogP contribution is 2.28. The summed E-state index contributed by atoms with van der Waals surface area (Å²) in [5, 5.41) is 0. The molecule has 0 atom stereocenters. The molecule has 2 nitrogen and oxygen atoms in total. The van der Waals surface area contributed by atoms with Crippen LogP contribution in [-0.4, -0.2) is 38.1 Å². The molecule has 0 N–H and O–H groups in total. The van der Waals surface area contributed by atoms with E-state index in [1.54, 1.807) is 0 Å². The molecule has 4 heteroatoms. The first-order valence-corrected chi connectivity index (χ1v) is 7.07. The molecule has 1 aromatic rings. The SMILES string of the molecule is CCN(CC)CCCN(C)c1c(C)c(=S)c1=S. The van der Waals surface area contributed by atoms with Gasteiger partial charge in [-0.25, -0.2) is 0 Å². The van der Waals surface area contributed by atoms with E-state index in [-0.39, 0.29) is 0 Å². The molecule has 0 spiro atoms. The first kappa shape index (κ1) is 14.7. The van der Waals surface area contributed by atoms with Gasteiger partial charge < -0.3 is 9.80 Å². The van der Waals surface area contributed by atoms with Crippen molar-refractivity contribution in [3.05, 3.63) is 14.6 Å². The summed E-state index contributed by atoms with van der Waals surface area (Å²) in [4.78, 5) is 4.69. The van der Waals surface area contributed by atoms with Crippen molar-refractivity contribution in [2.45, 2.75) is 27.2 Å². The van der Waals surface area contributed by atoms with Gasteiger partial charge in [0, 0.05) is 13.6 Å². The lowest BCUT2D eigenvalue weighted by molar-refractivity contribution is 0.301. The van der Waals surface area contributed by atoms with Crippen molar-refractivity contribution in [3.63, 3.8) is 0 Å². The number of rotatable bonds is 7. The van der Waals surface area contributed by atoms with Gasteiger partial charge in [-0.05, 0) is 38.5 Å². The zero-order valence-corrected chi connectivity index (χ0v) is 12.9. The molecule has 0 saturated carbocycles. The predicted octanol–water partition coefficient (Wildman–Crippen LogP) is 3.50. The molecule has 17 heavy (non-hydrogen) atoms. The maximum atomic E-state index is 5.28. The Balaban J connectivity index is 2.44. The zero-order valence-electron chi connectivity index (χ0n) is 11.2. The summed E-state index contributed by atoms with van der Waals surface area (Å²) in [6.45, 7) is 10.9. The van der Waals surface area contributed by atoms with Gasteiger partial charge in [-0.15, -0.1) is 0 Å². The van der Waals surface area contributed by atoms with E-state index in [1.807, 2.05) is 0 Å². The Morgan fingerprint density at radius 3 is 2.06 bits per heavy atom. The minimum Gasteiger partial charge on any atom is -0.373 e. The summed E-state index contributed by atoms with van der Waals surface area (Å²) in [6.07, 6.45) is 1.17. The summed E-state index contributed by atoms with van der Waals surface area (Å²) in [6, 6.07) is 0. The fourth-order valence-electron chi connectivity index (χ4n) is 2.14. The van der Waals surface area contributed by atoms with Crippen LogP contribution in [0.2, 0.25) is 0 Å². The van der Waals surface area contributed by atoms with Crippen molar-refractivity contribution in [2.24, 2.45) is 0 Å². The molecule has 0 aliphatic rings. The molecule has 96 valence electrons. The van der Waals surface area contributed by atoms with Gasteiger partial charge in [0.1, 0.15) is 0 Å². The third kappa shape index (κ3) is 3.33. The monoisotopic (exact) mass is 270 g/mol. The summed E-state index contributed by atoms with van der Waals surface area (Å²) < 4.78 is 1.76. The standard InChI is InChI=1S/C13H22N2S2/c1-5-15(6-2)9-7-8-14(4)11-10(3)12(16)13(11)17/h5-9H2,1-4H3. The lowest BCUT2D eigenvalue weighted by Gasteiger charge is -2.25. The number of nitrogens with zero attached hydrogens (tertiary/aromatic N) is 2. The predicted molar refractivity (Wildman–Crippen MR) is 80.9 cm³/mol. The molecular weight excluding hydrogens is 248 g/mol. The van der Waals surface area contributed by atoms with Crippen molar-refractivity contribution in [1.29, 1.82) is 0 Å². The Morgan fingerprint density at radius 1 is 1.00 bits per heavy atom. The van der Waals surface area contributed by atoms with Crippen LogP contribution in [-0.2, 0) is 0 Å². The molecule has 0 bridgehead atoms. The highest BCUT2D eigenvalue weighted by molar-refractivity contribution is 7.74. The van der Waals surface area contributed by atoms with Crippen LogP contribution in [0.15, 0.2) is 0 Å². The van der Waals surface area contributed by atoms with Crippen LogP contribution in [0.4, 0.5) is 5.69 Å².